The molecular formula is C23H29N9O. The molecule has 10 heteroatoms. The third-order valence-corrected chi connectivity index (χ3v) is 6.16. The Labute approximate surface area is 192 Å². The number of aromatic nitrogens is 5. The van der Waals surface area contributed by atoms with Crippen LogP contribution in [-0.4, -0.2) is 70.3 Å². The summed E-state index contributed by atoms with van der Waals surface area (Å²) in [4.78, 5) is 26.7. The molecule has 33 heavy (non-hydrogen) atoms. The number of nitrogens with zero attached hydrogens (tertiary/aromatic N) is 7. The molecule has 4 heterocycles. The molecule has 1 fully saturated rings. The van der Waals surface area contributed by atoms with Gasteiger partial charge in [-0.15, -0.1) is 0 Å². The molecule has 3 aromatic heterocycles. The number of imidazole rings is 1. The summed E-state index contributed by atoms with van der Waals surface area (Å²) in [6, 6.07) is 4.36. The topological polar surface area (TPSA) is 95.6 Å². The molecule has 1 saturated heterocycles. The van der Waals surface area contributed by atoms with Crippen LogP contribution in [0.5, 0.6) is 0 Å². The van der Waals surface area contributed by atoms with Gasteiger partial charge in [0, 0.05) is 63.7 Å². The van der Waals surface area contributed by atoms with Crippen molar-refractivity contribution in [2.75, 3.05) is 49.3 Å². The Bertz CT molecular complexity index is 1350. The molecule has 1 aromatic carbocycles. The highest BCUT2D eigenvalue weighted by atomic mass is 16.1. The molecule has 5 rings (SSSR count). The zero-order valence-corrected chi connectivity index (χ0v) is 19.6. The lowest BCUT2D eigenvalue weighted by Gasteiger charge is -2.20. The van der Waals surface area contributed by atoms with Gasteiger partial charge in [0.15, 0.2) is 17.3 Å². The number of rotatable bonds is 5. The number of likely N-dealkylation sites (N-methyl/N-ethyl adjacent to an activating group) is 1. The zero-order chi connectivity index (χ0) is 23.3. The molecule has 1 aliphatic heterocycles. The molecule has 0 unspecified atom stereocenters. The van der Waals surface area contributed by atoms with Crippen molar-refractivity contribution in [2.45, 2.75) is 19.4 Å². The summed E-state index contributed by atoms with van der Waals surface area (Å²) in [5.74, 6) is 0.902. The molecule has 172 valence electrons. The van der Waals surface area contributed by atoms with Crippen molar-refractivity contribution in [1.82, 2.24) is 29.5 Å². The number of hydrogen-bond acceptors (Lipinski definition) is 7. The van der Waals surface area contributed by atoms with Crippen molar-refractivity contribution in [3.8, 4) is 0 Å². The molecule has 0 spiro atoms. The van der Waals surface area contributed by atoms with Gasteiger partial charge in [-0.1, -0.05) is 0 Å². The molecular weight excluding hydrogens is 418 g/mol. The Morgan fingerprint density at radius 3 is 2.73 bits per heavy atom. The number of hydrogen-bond donors (Lipinski definition) is 2. The second-order valence-corrected chi connectivity index (χ2v) is 8.83. The molecule has 0 bridgehead atoms. The van der Waals surface area contributed by atoms with E-state index >= 15 is 0 Å². The van der Waals surface area contributed by atoms with Crippen molar-refractivity contribution in [1.29, 1.82) is 0 Å². The van der Waals surface area contributed by atoms with Gasteiger partial charge in [0.25, 0.3) is 5.91 Å². The van der Waals surface area contributed by atoms with Crippen molar-refractivity contribution in [3.05, 3.63) is 42.0 Å². The van der Waals surface area contributed by atoms with E-state index in [1.165, 1.54) is 0 Å². The molecule has 0 radical (unpaired) electrons. The van der Waals surface area contributed by atoms with Crippen LogP contribution in [0, 0.1) is 6.92 Å². The lowest BCUT2D eigenvalue weighted by molar-refractivity contribution is 0.102. The van der Waals surface area contributed by atoms with Crippen molar-refractivity contribution >= 4 is 39.8 Å². The van der Waals surface area contributed by atoms with Crippen LogP contribution in [0.2, 0.25) is 0 Å². The minimum absolute atomic E-state index is 0.242. The highest BCUT2D eigenvalue weighted by Crippen LogP contribution is 2.31. The minimum atomic E-state index is -0.242. The number of carbonyl (C=O) groups excluding carboxylic acids is 1. The van der Waals surface area contributed by atoms with E-state index in [0.717, 1.165) is 41.9 Å². The molecule has 4 aromatic rings. The van der Waals surface area contributed by atoms with Gasteiger partial charge in [-0.2, -0.15) is 5.10 Å². The van der Waals surface area contributed by atoms with Crippen LogP contribution in [0.3, 0.4) is 0 Å². The lowest BCUT2D eigenvalue weighted by atomic mass is 10.1. The Morgan fingerprint density at radius 1 is 1.18 bits per heavy atom. The van der Waals surface area contributed by atoms with Gasteiger partial charge < -0.3 is 24.8 Å². The van der Waals surface area contributed by atoms with E-state index < -0.39 is 0 Å². The zero-order valence-electron chi connectivity index (χ0n) is 19.6. The highest BCUT2D eigenvalue weighted by molar-refractivity contribution is 6.13. The Hall–Kier alpha value is -3.66. The van der Waals surface area contributed by atoms with Crippen LogP contribution in [0.15, 0.2) is 30.7 Å². The van der Waals surface area contributed by atoms with E-state index in [1.807, 2.05) is 68.9 Å². The second kappa shape index (κ2) is 8.04. The number of nitrogens with one attached hydrogen (secondary N) is 2. The highest BCUT2D eigenvalue weighted by Gasteiger charge is 2.25. The summed E-state index contributed by atoms with van der Waals surface area (Å²) >= 11 is 0. The monoisotopic (exact) mass is 447 g/mol. The van der Waals surface area contributed by atoms with Gasteiger partial charge in [0.1, 0.15) is 5.52 Å². The maximum absolute atomic E-state index is 13.3. The largest absolute Gasteiger partial charge is 0.369 e. The summed E-state index contributed by atoms with van der Waals surface area (Å²) in [6.45, 7) is 3.85. The Morgan fingerprint density at radius 2 is 2.00 bits per heavy atom. The number of fused-ring (bicyclic) bond motifs is 2. The van der Waals surface area contributed by atoms with Gasteiger partial charge in [0.05, 0.1) is 17.5 Å². The van der Waals surface area contributed by atoms with Gasteiger partial charge in [0.2, 0.25) is 0 Å². The summed E-state index contributed by atoms with van der Waals surface area (Å²) in [5.41, 5.74) is 3.95. The average molecular weight is 448 g/mol. The maximum Gasteiger partial charge on any atom is 0.259 e. The van der Waals surface area contributed by atoms with Gasteiger partial charge in [-0.05, 0) is 32.5 Å². The van der Waals surface area contributed by atoms with Crippen molar-refractivity contribution < 1.29 is 4.79 Å². The summed E-state index contributed by atoms with van der Waals surface area (Å²) < 4.78 is 3.65. The maximum atomic E-state index is 13.3. The minimum Gasteiger partial charge on any atom is -0.369 e. The van der Waals surface area contributed by atoms with E-state index in [1.54, 1.807) is 10.9 Å². The van der Waals surface area contributed by atoms with Crippen LogP contribution in [-0.2, 0) is 7.05 Å². The fourth-order valence-corrected chi connectivity index (χ4v) is 4.53. The van der Waals surface area contributed by atoms with E-state index in [0.29, 0.717) is 28.8 Å². The first-order chi connectivity index (χ1) is 15.8. The predicted molar refractivity (Wildman–Crippen MR) is 130 cm³/mol. The third kappa shape index (κ3) is 3.76. The molecule has 0 saturated carbocycles. The molecule has 2 N–H and O–H groups in total. The van der Waals surface area contributed by atoms with Crippen LogP contribution >= 0.6 is 0 Å². The smallest absolute Gasteiger partial charge is 0.259 e. The number of aryl methyl sites for hydroxylation is 2. The van der Waals surface area contributed by atoms with Crippen LogP contribution in [0.4, 0.5) is 17.3 Å². The SMILES string of the molecule is CN[C@@H]1CCN(c2ccc(C(=O)Nc3cn4cc(C)nc4c(N(C)C)n3)c3nn(C)cc23)C1. The van der Waals surface area contributed by atoms with Crippen LogP contribution < -0.4 is 20.4 Å². The second-order valence-electron chi connectivity index (χ2n) is 8.83. The first-order valence-electron chi connectivity index (χ1n) is 11.1. The fourth-order valence-electron chi connectivity index (χ4n) is 4.53. The molecule has 1 aliphatic rings. The van der Waals surface area contributed by atoms with Crippen LogP contribution in [0.1, 0.15) is 22.5 Å². The summed E-state index contributed by atoms with van der Waals surface area (Å²) in [5, 5.41) is 11.9. The van der Waals surface area contributed by atoms with E-state index in [2.05, 4.69) is 30.6 Å². The number of amides is 1. The van der Waals surface area contributed by atoms with Gasteiger partial charge in [-0.25, -0.2) is 9.97 Å². The van der Waals surface area contributed by atoms with Crippen molar-refractivity contribution in [3.63, 3.8) is 0 Å². The Balaban J connectivity index is 1.50. The lowest BCUT2D eigenvalue weighted by Crippen LogP contribution is -2.29. The molecule has 1 amide bonds. The Kier molecular flexibility index (Phi) is 5.16. The van der Waals surface area contributed by atoms with Gasteiger partial charge in [-0.3, -0.25) is 9.48 Å². The van der Waals surface area contributed by atoms with Crippen molar-refractivity contribution in [2.24, 2.45) is 7.05 Å². The van der Waals surface area contributed by atoms with Gasteiger partial charge >= 0.3 is 0 Å². The van der Waals surface area contributed by atoms with E-state index in [9.17, 15) is 4.79 Å². The van der Waals surface area contributed by atoms with E-state index in [4.69, 9.17) is 0 Å². The van der Waals surface area contributed by atoms with Crippen LogP contribution in [0.25, 0.3) is 16.6 Å². The quantitative estimate of drug-likeness (QED) is 0.483. The number of anilines is 3. The normalized spacial score (nSPS) is 16.2. The molecule has 1 atom stereocenters. The number of benzene rings is 1. The summed E-state index contributed by atoms with van der Waals surface area (Å²) in [6.07, 6.45) is 6.78. The first kappa shape index (κ1) is 21.2. The third-order valence-electron chi connectivity index (χ3n) is 6.16. The molecule has 10 nitrogen and oxygen atoms in total. The predicted octanol–water partition coefficient (Wildman–Crippen LogP) is 2.04. The molecule has 0 aliphatic carbocycles. The average Bonchev–Trinajstić information content (AvgIpc) is 3.48. The fraction of sp³-hybridized carbons (Fsp3) is 0.391. The summed E-state index contributed by atoms with van der Waals surface area (Å²) in [7, 11) is 7.70. The standard InChI is InChI=1S/C23H29N9O/c1-14-10-32-13-19(26-21(29(3)4)22(32)25-14)27-23(33)16-6-7-18(17-12-30(5)28-20(16)17)31-9-8-15(11-31)24-2/h6-7,10,12-13,15,24H,8-9,11H2,1-5H3,(H,27,33)/t15-/m1/s1. The first-order valence-corrected chi connectivity index (χ1v) is 11.1. The number of carbonyl (C=O) groups is 1. The van der Waals surface area contributed by atoms with E-state index in [-0.39, 0.29) is 5.91 Å².